The molecule has 0 unspecified atom stereocenters. The van der Waals surface area contributed by atoms with E-state index in [4.69, 9.17) is 5.73 Å². The third-order valence-electron chi connectivity index (χ3n) is 2.67. The van der Waals surface area contributed by atoms with Gasteiger partial charge in [0.15, 0.2) is 5.65 Å². The largest absolute Gasteiger partial charge is 0.369 e. The molecule has 3 aromatic rings. The van der Waals surface area contributed by atoms with E-state index in [1.54, 1.807) is 11.3 Å². The number of nitrogens with two attached hydrogens (primary N) is 1. The van der Waals surface area contributed by atoms with Crippen LogP contribution in [0.25, 0.3) is 11.2 Å². The molecule has 0 saturated heterocycles. The zero-order chi connectivity index (χ0) is 11.8. The first-order valence-electron chi connectivity index (χ1n) is 5.33. The highest BCUT2D eigenvalue weighted by Crippen LogP contribution is 2.19. The lowest BCUT2D eigenvalue weighted by Gasteiger charge is -2.03. The average Bonchev–Trinajstić information content (AvgIpc) is 2.88. The first-order chi connectivity index (χ1) is 8.24. The Morgan fingerprint density at radius 3 is 3.12 bits per heavy atom. The molecule has 0 radical (unpaired) electrons. The normalized spacial score (nSPS) is 11.1. The minimum absolute atomic E-state index is 0.518. The van der Waals surface area contributed by atoms with E-state index in [1.165, 1.54) is 5.56 Å². The van der Waals surface area contributed by atoms with Crippen molar-refractivity contribution in [2.24, 2.45) is 0 Å². The molecule has 2 N–H and O–H groups in total. The van der Waals surface area contributed by atoms with Crippen molar-refractivity contribution < 1.29 is 0 Å². The fourth-order valence-corrected chi connectivity index (χ4v) is 2.51. The van der Waals surface area contributed by atoms with Crippen LogP contribution in [0.2, 0.25) is 0 Å². The summed E-state index contributed by atoms with van der Waals surface area (Å²) in [7, 11) is 0. The maximum atomic E-state index is 5.94. The minimum atomic E-state index is 0.518. The Morgan fingerprint density at radius 2 is 2.35 bits per heavy atom. The number of aromatic nitrogens is 3. The number of aryl methyl sites for hydroxylation is 1. The summed E-state index contributed by atoms with van der Waals surface area (Å²) >= 11 is 1.68. The van der Waals surface area contributed by atoms with Crippen LogP contribution in [0.3, 0.4) is 0 Å². The molecule has 17 heavy (non-hydrogen) atoms. The van der Waals surface area contributed by atoms with Gasteiger partial charge in [-0.05, 0) is 40.9 Å². The Kier molecular flexibility index (Phi) is 2.33. The van der Waals surface area contributed by atoms with Crippen LogP contribution in [0.15, 0.2) is 29.1 Å². The molecule has 3 rings (SSSR count). The van der Waals surface area contributed by atoms with Crippen molar-refractivity contribution in [3.05, 3.63) is 40.2 Å². The molecule has 0 saturated carbocycles. The second-order valence-electron chi connectivity index (χ2n) is 4.04. The summed E-state index contributed by atoms with van der Waals surface area (Å²) in [6.45, 7) is 2.72. The molecule has 0 bridgehead atoms. The van der Waals surface area contributed by atoms with Crippen LogP contribution < -0.4 is 5.73 Å². The fourth-order valence-electron chi connectivity index (χ4n) is 1.85. The summed E-state index contributed by atoms with van der Waals surface area (Å²) in [5.41, 5.74) is 9.96. The highest BCUT2D eigenvalue weighted by atomic mass is 32.1. The Hall–Kier alpha value is -1.88. The molecule has 0 aromatic carbocycles. The number of fused-ring (bicyclic) bond motifs is 1. The first kappa shape index (κ1) is 10.3. The van der Waals surface area contributed by atoms with E-state index < -0.39 is 0 Å². The SMILES string of the molecule is Cc1cnc2c(c1)nc(N)n2Cc1ccsc1. The maximum Gasteiger partial charge on any atom is 0.202 e. The van der Waals surface area contributed by atoms with E-state index in [0.29, 0.717) is 5.95 Å². The van der Waals surface area contributed by atoms with Crippen LogP contribution in [0.4, 0.5) is 5.95 Å². The zero-order valence-corrected chi connectivity index (χ0v) is 10.2. The molecule has 3 heterocycles. The number of pyridine rings is 1. The average molecular weight is 244 g/mol. The van der Waals surface area contributed by atoms with Gasteiger partial charge in [-0.15, -0.1) is 0 Å². The van der Waals surface area contributed by atoms with Crippen molar-refractivity contribution in [2.45, 2.75) is 13.5 Å². The van der Waals surface area contributed by atoms with Gasteiger partial charge in [-0.1, -0.05) is 0 Å². The monoisotopic (exact) mass is 244 g/mol. The summed E-state index contributed by atoms with van der Waals surface area (Å²) in [5.74, 6) is 0.518. The molecule has 0 aliphatic heterocycles. The van der Waals surface area contributed by atoms with Crippen molar-refractivity contribution in [2.75, 3.05) is 5.73 Å². The summed E-state index contributed by atoms with van der Waals surface area (Å²) in [6.07, 6.45) is 1.84. The van der Waals surface area contributed by atoms with Crippen LogP contribution in [0.1, 0.15) is 11.1 Å². The molecule has 3 aromatic heterocycles. The number of nitrogens with zero attached hydrogens (tertiary/aromatic N) is 3. The van der Waals surface area contributed by atoms with Gasteiger partial charge in [-0.2, -0.15) is 11.3 Å². The van der Waals surface area contributed by atoms with E-state index in [9.17, 15) is 0 Å². The first-order valence-corrected chi connectivity index (χ1v) is 6.28. The standard InChI is InChI=1S/C12H12N4S/c1-8-4-10-11(14-5-8)16(12(13)15-10)6-9-2-3-17-7-9/h2-5,7H,6H2,1H3,(H2,13,15). The molecule has 4 nitrogen and oxygen atoms in total. The van der Waals surface area contributed by atoms with Crippen LogP contribution in [0.5, 0.6) is 0 Å². The van der Waals surface area contributed by atoms with Gasteiger partial charge in [-0.3, -0.25) is 4.57 Å². The molecule has 0 fully saturated rings. The highest BCUT2D eigenvalue weighted by Gasteiger charge is 2.09. The fraction of sp³-hybridized carbons (Fsp3) is 0.167. The molecule has 0 aliphatic carbocycles. The molecule has 0 amide bonds. The number of hydrogen-bond acceptors (Lipinski definition) is 4. The lowest BCUT2D eigenvalue weighted by molar-refractivity contribution is 0.831. The summed E-state index contributed by atoms with van der Waals surface area (Å²) in [4.78, 5) is 8.74. The van der Waals surface area contributed by atoms with E-state index in [-0.39, 0.29) is 0 Å². The van der Waals surface area contributed by atoms with Crippen LogP contribution in [0, 0.1) is 6.92 Å². The van der Waals surface area contributed by atoms with Crippen LogP contribution in [-0.4, -0.2) is 14.5 Å². The number of anilines is 1. The smallest absolute Gasteiger partial charge is 0.202 e. The molecule has 0 spiro atoms. The maximum absolute atomic E-state index is 5.94. The topological polar surface area (TPSA) is 56.7 Å². The van der Waals surface area contributed by atoms with Gasteiger partial charge in [0.2, 0.25) is 5.95 Å². The van der Waals surface area contributed by atoms with Gasteiger partial charge in [0.05, 0.1) is 6.54 Å². The van der Waals surface area contributed by atoms with Gasteiger partial charge in [-0.25, -0.2) is 9.97 Å². The number of imidazole rings is 1. The third kappa shape index (κ3) is 1.78. The summed E-state index contributed by atoms with van der Waals surface area (Å²) in [6, 6.07) is 4.09. The Bertz CT molecular complexity index is 655. The van der Waals surface area contributed by atoms with Crippen molar-refractivity contribution in [1.82, 2.24) is 14.5 Å². The number of nitrogen functional groups attached to an aromatic ring is 1. The highest BCUT2D eigenvalue weighted by molar-refractivity contribution is 7.07. The second kappa shape index (κ2) is 3.85. The zero-order valence-electron chi connectivity index (χ0n) is 9.42. The lowest BCUT2D eigenvalue weighted by atomic mass is 10.3. The molecule has 0 aliphatic rings. The van der Waals surface area contributed by atoms with E-state index in [2.05, 4.69) is 26.8 Å². The summed E-state index contributed by atoms with van der Waals surface area (Å²) in [5, 5.41) is 4.17. The number of rotatable bonds is 2. The number of thiophene rings is 1. The van der Waals surface area contributed by atoms with Crippen molar-refractivity contribution in [1.29, 1.82) is 0 Å². The Balaban J connectivity index is 2.12. The van der Waals surface area contributed by atoms with Gasteiger partial charge >= 0.3 is 0 Å². The van der Waals surface area contributed by atoms with Gasteiger partial charge in [0.1, 0.15) is 5.52 Å². The lowest BCUT2D eigenvalue weighted by Crippen LogP contribution is -2.04. The van der Waals surface area contributed by atoms with Gasteiger partial charge < -0.3 is 5.73 Å². The van der Waals surface area contributed by atoms with Crippen molar-refractivity contribution >= 4 is 28.4 Å². The predicted octanol–water partition coefficient (Wildman–Crippen LogP) is 2.43. The van der Waals surface area contributed by atoms with Gasteiger partial charge in [0, 0.05) is 6.20 Å². The summed E-state index contributed by atoms with van der Waals surface area (Å²) < 4.78 is 1.94. The van der Waals surface area contributed by atoms with E-state index >= 15 is 0 Å². The molecule has 5 heteroatoms. The van der Waals surface area contributed by atoms with E-state index in [1.807, 2.05) is 23.8 Å². The Morgan fingerprint density at radius 1 is 1.47 bits per heavy atom. The number of hydrogen-bond donors (Lipinski definition) is 1. The molecule has 86 valence electrons. The Labute approximate surface area is 103 Å². The van der Waals surface area contributed by atoms with Gasteiger partial charge in [0.25, 0.3) is 0 Å². The third-order valence-corrected chi connectivity index (χ3v) is 3.40. The predicted molar refractivity (Wildman–Crippen MR) is 70.1 cm³/mol. The second-order valence-corrected chi connectivity index (χ2v) is 4.82. The quantitative estimate of drug-likeness (QED) is 0.753. The van der Waals surface area contributed by atoms with Crippen LogP contribution in [-0.2, 0) is 6.54 Å². The van der Waals surface area contributed by atoms with Crippen molar-refractivity contribution in [3.63, 3.8) is 0 Å². The van der Waals surface area contributed by atoms with E-state index in [0.717, 1.165) is 23.3 Å². The molecular formula is C12H12N4S. The molecule has 0 atom stereocenters. The minimum Gasteiger partial charge on any atom is -0.369 e. The molecular weight excluding hydrogens is 232 g/mol. The van der Waals surface area contributed by atoms with Crippen LogP contribution >= 0.6 is 11.3 Å². The van der Waals surface area contributed by atoms with Crippen molar-refractivity contribution in [3.8, 4) is 0 Å².